The first-order valence-electron chi connectivity index (χ1n) is 6.22. The number of hydrogen-bond acceptors (Lipinski definition) is 3. The summed E-state index contributed by atoms with van der Waals surface area (Å²) in [5.74, 6) is 0.351. The summed E-state index contributed by atoms with van der Waals surface area (Å²) in [6.07, 6.45) is 0.938. The van der Waals surface area contributed by atoms with Crippen molar-refractivity contribution in [1.29, 1.82) is 0 Å². The van der Waals surface area contributed by atoms with Crippen molar-refractivity contribution in [2.24, 2.45) is 5.73 Å². The summed E-state index contributed by atoms with van der Waals surface area (Å²) in [6, 6.07) is 7.72. The molecule has 0 aliphatic heterocycles. The highest BCUT2D eigenvalue weighted by Crippen LogP contribution is 2.14. The van der Waals surface area contributed by atoms with Crippen LogP contribution in [0.1, 0.15) is 25.8 Å². The fraction of sp³-hybridized carbons (Fsp3) is 0.500. The van der Waals surface area contributed by atoms with Crippen molar-refractivity contribution in [3.05, 3.63) is 29.8 Å². The Balaban J connectivity index is 2.65. The quantitative estimate of drug-likeness (QED) is 0.773. The van der Waals surface area contributed by atoms with Crippen LogP contribution in [0, 0.1) is 6.92 Å². The molecule has 100 valence electrons. The molecular weight excluding hydrogens is 228 g/mol. The lowest BCUT2D eigenvalue weighted by atomic mass is 10.0. The Morgan fingerprint density at radius 3 is 2.78 bits per heavy atom. The molecule has 0 radical (unpaired) electrons. The number of carbonyl (C=O) groups excluding carboxylic acids is 1. The summed E-state index contributed by atoms with van der Waals surface area (Å²) in [4.78, 5) is 11.5. The third kappa shape index (κ3) is 4.04. The minimum Gasteiger partial charge on any atom is -0.491 e. The van der Waals surface area contributed by atoms with E-state index in [9.17, 15) is 4.79 Å². The number of carbonyl (C=O) groups is 1. The van der Waals surface area contributed by atoms with Crippen LogP contribution < -0.4 is 15.8 Å². The molecule has 4 heteroatoms. The molecule has 0 aliphatic rings. The van der Waals surface area contributed by atoms with E-state index in [1.54, 1.807) is 6.92 Å². The maximum atomic E-state index is 11.5. The van der Waals surface area contributed by atoms with Gasteiger partial charge in [0, 0.05) is 0 Å². The van der Waals surface area contributed by atoms with Crippen LogP contribution in [-0.4, -0.2) is 24.6 Å². The summed E-state index contributed by atoms with van der Waals surface area (Å²) in [5, 5.41) is 3.13. The molecule has 4 nitrogen and oxygen atoms in total. The largest absolute Gasteiger partial charge is 0.491 e. The van der Waals surface area contributed by atoms with E-state index in [-0.39, 0.29) is 6.61 Å². The highest BCUT2D eigenvalue weighted by molar-refractivity contribution is 5.84. The molecule has 18 heavy (non-hydrogen) atoms. The van der Waals surface area contributed by atoms with Crippen LogP contribution in [-0.2, 0) is 4.79 Å². The first-order chi connectivity index (χ1) is 8.48. The van der Waals surface area contributed by atoms with E-state index in [1.807, 2.05) is 38.1 Å². The van der Waals surface area contributed by atoms with Gasteiger partial charge in [0.15, 0.2) is 0 Å². The van der Waals surface area contributed by atoms with Crippen molar-refractivity contribution >= 4 is 5.91 Å². The van der Waals surface area contributed by atoms with Gasteiger partial charge in [-0.1, -0.05) is 19.1 Å². The number of rotatable bonds is 7. The lowest BCUT2D eigenvalue weighted by Crippen LogP contribution is -2.57. The van der Waals surface area contributed by atoms with E-state index in [2.05, 4.69) is 5.32 Å². The number of ether oxygens (including phenoxy) is 1. The molecule has 1 amide bonds. The maximum Gasteiger partial charge on any atom is 0.240 e. The molecule has 0 bridgehead atoms. The maximum absolute atomic E-state index is 11.5. The van der Waals surface area contributed by atoms with Gasteiger partial charge < -0.3 is 15.8 Å². The molecule has 3 N–H and O–H groups in total. The molecule has 1 rings (SSSR count). The zero-order chi connectivity index (χ0) is 13.6. The number of primary amides is 1. The molecule has 0 aromatic heterocycles. The number of amides is 1. The van der Waals surface area contributed by atoms with E-state index >= 15 is 0 Å². The van der Waals surface area contributed by atoms with Gasteiger partial charge in [-0.2, -0.15) is 0 Å². The first kappa shape index (κ1) is 14.5. The van der Waals surface area contributed by atoms with Crippen molar-refractivity contribution in [3.8, 4) is 5.75 Å². The monoisotopic (exact) mass is 250 g/mol. The molecule has 1 aromatic rings. The molecule has 0 saturated carbocycles. The molecule has 1 unspecified atom stereocenters. The third-order valence-electron chi connectivity index (χ3n) is 2.83. The molecule has 0 spiro atoms. The Hall–Kier alpha value is -1.55. The van der Waals surface area contributed by atoms with Gasteiger partial charge in [-0.05, 0) is 44.5 Å². The molecular formula is C14H22N2O2. The molecule has 0 aliphatic carbocycles. The molecule has 1 atom stereocenters. The third-order valence-corrected chi connectivity index (χ3v) is 2.83. The van der Waals surface area contributed by atoms with Crippen molar-refractivity contribution < 1.29 is 9.53 Å². The van der Waals surface area contributed by atoms with Crippen molar-refractivity contribution in [2.45, 2.75) is 32.7 Å². The number of aryl methyl sites for hydroxylation is 1. The standard InChI is InChI=1S/C14H22N2O2/c1-4-8-16-14(3,13(15)17)10-18-12-7-5-6-11(2)9-12/h5-7,9,16H,4,8,10H2,1-3H3,(H2,15,17). The van der Waals surface area contributed by atoms with Crippen LogP contribution in [0.5, 0.6) is 5.75 Å². The molecule has 1 aromatic carbocycles. The summed E-state index contributed by atoms with van der Waals surface area (Å²) in [5.41, 5.74) is 5.71. The lowest BCUT2D eigenvalue weighted by molar-refractivity contribution is -0.125. The Morgan fingerprint density at radius 2 is 2.22 bits per heavy atom. The van der Waals surface area contributed by atoms with Crippen LogP contribution >= 0.6 is 0 Å². The fourth-order valence-electron chi connectivity index (χ4n) is 1.54. The number of hydrogen-bond donors (Lipinski definition) is 2. The Bertz CT molecular complexity index is 407. The predicted molar refractivity (Wildman–Crippen MR) is 72.6 cm³/mol. The van der Waals surface area contributed by atoms with E-state index in [0.29, 0.717) is 0 Å². The van der Waals surface area contributed by atoms with Crippen molar-refractivity contribution in [2.75, 3.05) is 13.2 Å². The number of nitrogens with one attached hydrogen (secondary N) is 1. The second-order valence-electron chi connectivity index (χ2n) is 4.73. The predicted octanol–water partition coefficient (Wildman–Crippen LogP) is 1.62. The second-order valence-corrected chi connectivity index (χ2v) is 4.73. The van der Waals surface area contributed by atoms with Crippen LogP contribution in [0.3, 0.4) is 0 Å². The number of nitrogens with two attached hydrogens (primary N) is 1. The van der Waals surface area contributed by atoms with Crippen LogP contribution in [0.25, 0.3) is 0 Å². The minimum absolute atomic E-state index is 0.228. The topological polar surface area (TPSA) is 64.3 Å². The van der Waals surface area contributed by atoms with Crippen molar-refractivity contribution in [1.82, 2.24) is 5.32 Å². The van der Waals surface area contributed by atoms with Crippen LogP contribution in [0.15, 0.2) is 24.3 Å². The second kappa shape index (κ2) is 6.40. The summed E-state index contributed by atoms with van der Waals surface area (Å²) >= 11 is 0. The van der Waals surface area contributed by atoms with Crippen molar-refractivity contribution in [3.63, 3.8) is 0 Å². The molecule has 0 fully saturated rings. The van der Waals surface area contributed by atoms with E-state index in [0.717, 1.165) is 24.3 Å². The summed E-state index contributed by atoms with van der Waals surface area (Å²) in [6.45, 7) is 6.76. The Kier molecular flexibility index (Phi) is 5.16. The molecule has 0 heterocycles. The zero-order valence-corrected chi connectivity index (χ0v) is 11.3. The molecule has 0 saturated heterocycles. The van der Waals surface area contributed by atoms with Gasteiger partial charge in [0.1, 0.15) is 17.9 Å². The smallest absolute Gasteiger partial charge is 0.240 e. The van der Waals surface area contributed by atoms with Gasteiger partial charge in [0.25, 0.3) is 0 Å². The summed E-state index contributed by atoms with van der Waals surface area (Å²) < 4.78 is 5.65. The van der Waals surface area contributed by atoms with Gasteiger partial charge in [0.2, 0.25) is 5.91 Å². The van der Waals surface area contributed by atoms with Gasteiger partial charge in [0.05, 0.1) is 0 Å². The van der Waals surface area contributed by atoms with E-state index in [4.69, 9.17) is 10.5 Å². The van der Waals surface area contributed by atoms with E-state index in [1.165, 1.54) is 0 Å². The van der Waals surface area contributed by atoms with Gasteiger partial charge in [-0.25, -0.2) is 0 Å². The van der Waals surface area contributed by atoms with Gasteiger partial charge in [-0.3, -0.25) is 4.79 Å². The summed E-state index contributed by atoms with van der Waals surface area (Å²) in [7, 11) is 0. The fourth-order valence-corrected chi connectivity index (χ4v) is 1.54. The Morgan fingerprint density at radius 1 is 1.50 bits per heavy atom. The lowest BCUT2D eigenvalue weighted by Gasteiger charge is -2.27. The van der Waals surface area contributed by atoms with Gasteiger partial charge >= 0.3 is 0 Å². The highest BCUT2D eigenvalue weighted by Gasteiger charge is 2.31. The van der Waals surface area contributed by atoms with Gasteiger partial charge in [-0.15, -0.1) is 0 Å². The SMILES string of the molecule is CCCNC(C)(COc1cccc(C)c1)C(N)=O. The number of benzene rings is 1. The van der Waals surface area contributed by atoms with E-state index < -0.39 is 11.4 Å². The first-order valence-corrected chi connectivity index (χ1v) is 6.22. The van der Waals surface area contributed by atoms with Crippen LogP contribution in [0.2, 0.25) is 0 Å². The van der Waals surface area contributed by atoms with Crippen LogP contribution in [0.4, 0.5) is 0 Å². The average molecular weight is 250 g/mol. The minimum atomic E-state index is -0.834. The average Bonchev–Trinajstić information content (AvgIpc) is 2.34. The zero-order valence-electron chi connectivity index (χ0n) is 11.3. The Labute approximate surface area is 109 Å². The normalized spacial score (nSPS) is 13.9. The highest BCUT2D eigenvalue weighted by atomic mass is 16.5.